The van der Waals surface area contributed by atoms with Crippen LogP contribution in [0.3, 0.4) is 0 Å². The lowest BCUT2D eigenvalue weighted by atomic mass is 10.0. The summed E-state index contributed by atoms with van der Waals surface area (Å²) in [7, 11) is 3.09. The lowest BCUT2D eigenvalue weighted by Gasteiger charge is -2.36. The third-order valence-electron chi connectivity index (χ3n) is 3.63. The molecular weight excluding hydrogens is 262 g/mol. The standard InChI is InChI=1S/C14H23NO5/c1-9-7-15(12(16)20-13(2,3)4)11-10(9)19-8-14(11,17-5)18-6/h10-11H,1,7-8H2,2-6H3/t10-,11+/m1/s1. The molecule has 20 heavy (non-hydrogen) atoms. The Morgan fingerprint density at radius 2 is 2.00 bits per heavy atom. The van der Waals surface area contributed by atoms with Crippen molar-refractivity contribution in [1.29, 1.82) is 0 Å². The van der Waals surface area contributed by atoms with Crippen LogP contribution in [0.25, 0.3) is 0 Å². The zero-order chi connectivity index (χ0) is 15.1. The van der Waals surface area contributed by atoms with E-state index in [1.165, 1.54) is 0 Å². The van der Waals surface area contributed by atoms with Crippen LogP contribution in [0.4, 0.5) is 4.79 Å². The van der Waals surface area contributed by atoms with E-state index in [0.29, 0.717) is 6.54 Å². The molecule has 0 radical (unpaired) electrons. The van der Waals surface area contributed by atoms with E-state index >= 15 is 0 Å². The van der Waals surface area contributed by atoms with E-state index in [2.05, 4.69) is 6.58 Å². The van der Waals surface area contributed by atoms with E-state index in [-0.39, 0.29) is 18.8 Å². The van der Waals surface area contributed by atoms with Crippen LogP contribution in [0.2, 0.25) is 0 Å². The third-order valence-corrected chi connectivity index (χ3v) is 3.63. The van der Waals surface area contributed by atoms with Gasteiger partial charge in [0.1, 0.15) is 24.4 Å². The van der Waals surface area contributed by atoms with Gasteiger partial charge in [0.15, 0.2) is 0 Å². The molecule has 0 unspecified atom stereocenters. The number of fused-ring (bicyclic) bond motifs is 1. The zero-order valence-corrected chi connectivity index (χ0v) is 12.8. The molecule has 0 spiro atoms. The first-order valence-corrected chi connectivity index (χ1v) is 6.63. The van der Waals surface area contributed by atoms with Gasteiger partial charge in [0.2, 0.25) is 5.79 Å². The van der Waals surface area contributed by atoms with Crippen molar-refractivity contribution in [2.24, 2.45) is 0 Å². The van der Waals surface area contributed by atoms with Gasteiger partial charge in [0, 0.05) is 20.8 Å². The van der Waals surface area contributed by atoms with Gasteiger partial charge in [-0.2, -0.15) is 0 Å². The maximum Gasteiger partial charge on any atom is 0.411 e. The minimum Gasteiger partial charge on any atom is -0.444 e. The van der Waals surface area contributed by atoms with Crippen LogP contribution in [0, 0.1) is 0 Å². The highest BCUT2D eigenvalue weighted by Gasteiger charge is 2.60. The van der Waals surface area contributed by atoms with Gasteiger partial charge in [-0.05, 0) is 26.3 Å². The van der Waals surface area contributed by atoms with E-state index in [9.17, 15) is 4.79 Å². The number of carbonyl (C=O) groups is 1. The first-order chi connectivity index (χ1) is 9.24. The maximum atomic E-state index is 12.4. The highest BCUT2D eigenvalue weighted by Crippen LogP contribution is 2.41. The molecule has 0 saturated carbocycles. The molecule has 0 bridgehead atoms. The summed E-state index contributed by atoms with van der Waals surface area (Å²) in [5, 5.41) is 0. The van der Waals surface area contributed by atoms with E-state index < -0.39 is 17.5 Å². The van der Waals surface area contributed by atoms with Crippen molar-refractivity contribution in [1.82, 2.24) is 4.90 Å². The Bertz CT molecular complexity index is 410. The zero-order valence-electron chi connectivity index (χ0n) is 12.8. The second-order valence-electron chi connectivity index (χ2n) is 6.16. The van der Waals surface area contributed by atoms with Crippen LogP contribution < -0.4 is 0 Å². The van der Waals surface area contributed by atoms with Gasteiger partial charge in [-0.25, -0.2) is 4.79 Å². The Balaban J connectivity index is 2.25. The molecule has 1 amide bonds. The Morgan fingerprint density at radius 1 is 1.40 bits per heavy atom. The highest BCUT2D eigenvalue weighted by molar-refractivity contribution is 5.70. The van der Waals surface area contributed by atoms with Gasteiger partial charge < -0.3 is 18.9 Å². The summed E-state index contributed by atoms with van der Waals surface area (Å²) in [5.41, 5.74) is 0.274. The largest absolute Gasteiger partial charge is 0.444 e. The van der Waals surface area contributed by atoms with Crippen molar-refractivity contribution in [2.45, 2.75) is 44.3 Å². The van der Waals surface area contributed by atoms with E-state index in [1.54, 1.807) is 19.1 Å². The predicted octanol–water partition coefficient (Wildman–Crippen LogP) is 1.55. The van der Waals surface area contributed by atoms with Gasteiger partial charge in [-0.3, -0.25) is 4.90 Å². The molecular formula is C14H23NO5. The third kappa shape index (κ3) is 2.43. The molecule has 2 heterocycles. The maximum absolute atomic E-state index is 12.4. The molecule has 0 aromatic carbocycles. The monoisotopic (exact) mass is 285 g/mol. The number of ether oxygens (including phenoxy) is 4. The lowest BCUT2D eigenvalue weighted by molar-refractivity contribution is -0.224. The summed E-state index contributed by atoms with van der Waals surface area (Å²) in [5.74, 6) is -0.971. The molecule has 114 valence electrons. The second-order valence-corrected chi connectivity index (χ2v) is 6.16. The van der Waals surface area contributed by atoms with Crippen LogP contribution in [0.5, 0.6) is 0 Å². The fraction of sp³-hybridized carbons (Fsp3) is 0.786. The fourth-order valence-corrected chi connectivity index (χ4v) is 2.70. The minimum atomic E-state index is -0.971. The van der Waals surface area contributed by atoms with Crippen molar-refractivity contribution in [3.05, 3.63) is 12.2 Å². The van der Waals surface area contributed by atoms with Crippen molar-refractivity contribution >= 4 is 6.09 Å². The van der Waals surface area contributed by atoms with Gasteiger partial charge in [-0.15, -0.1) is 0 Å². The predicted molar refractivity (Wildman–Crippen MR) is 72.4 cm³/mol. The lowest BCUT2D eigenvalue weighted by Crippen LogP contribution is -2.55. The molecule has 2 aliphatic heterocycles. The summed E-state index contributed by atoms with van der Waals surface area (Å²) in [6, 6.07) is -0.375. The van der Waals surface area contributed by atoms with Crippen molar-refractivity contribution in [3.63, 3.8) is 0 Å². The molecule has 0 aromatic heterocycles. The summed E-state index contributed by atoms with van der Waals surface area (Å²) in [6.45, 7) is 10.1. The summed E-state index contributed by atoms with van der Waals surface area (Å²) in [6.07, 6.45) is -0.683. The minimum absolute atomic E-state index is 0.258. The Kier molecular flexibility index (Phi) is 3.83. The number of likely N-dealkylation sites (tertiary alicyclic amines) is 1. The number of amides is 1. The summed E-state index contributed by atoms with van der Waals surface area (Å²) in [4.78, 5) is 13.9. The van der Waals surface area contributed by atoms with E-state index in [0.717, 1.165) is 5.57 Å². The normalized spacial score (nSPS) is 28.6. The van der Waals surface area contributed by atoms with Crippen LogP contribution in [-0.2, 0) is 18.9 Å². The average Bonchev–Trinajstić information content (AvgIpc) is 2.87. The number of carbonyl (C=O) groups excluding carboxylic acids is 1. The number of hydrogen-bond donors (Lipinski definition) is 0. The smallest absolute Gasteiger partial charge is 0.411 e. The first kappa shape index (κ1) is 15.3. The number of methoxy groups -OCH3 is 2. The molecule has 2 rings (SSSR count). The van der Waals surface area contributed by atoms with Gasteiger partial charge >= 0.3 is 6.09 Å². The van der Waals surface area contributed by atoms with Gasteiger partial charge in [-0.1, -0.05) is 6.58 Å². The first-order valence-electron chi connectivity index (χ1n) is 6.63. The molecule has 2 atom stereocenters. The molecule has 2 saturated heterocycles. The van der Waals surface area contributed by atoms with Crippen molar-refractivity contribution in [2.75, 3.05) is 27.4 Å². The van der Waals surface area contributed by atoms with Crippen LogP contribution >= 0.6 is 0 Å². The van der Waals surface area contributed by atoms with Crippen LogP contribution in [-0.4, -0.2) is 61.9 Å². The average molecular weight is 285 g/mol. The van der Waals surface area contributed by atoms with Crippen LogP contribution in [0.1, 0.15) is 20.8 Å². The summed E-state index contributed by atoms with van der Waals surface area (Å²) >= 11 is 0. The molecule has 0 N–H and O–H groups in total. The van der Waals surface area contributed by atoms with E-state index in [1.807, 2.05) is 20.8 Å². The molecule has 2 aliphatic rings. The number of rotatable bonds is 2. The molecule has 0 aliphatic carbocycles. The molecule has 6 heteroatoms. The highest BCUT2D eigenvalue weighted by atomic mass is 16.7. The molecule has 6 nitrogen and oxygen atoms in total. The fourth-order valence-electron chi connectivity index (χ4n) is 2.70. The van der Waals surface area contributed by atoms with Crippen molar-refractivity contribution < 1.29 is 23.7 Å². The Hall–Kier alpha value is -1.11. The van der Waals surface area contributed by atoms with Gasteiger partial charge in [0.25, 0.3) is 0 Å². The van der Waals surface area contributed by atoms with Gasteiger partial charge in [0.05, 0.1) is 0 Å². The van der Waals surface area contributed by atoms with Crippen molar-refractivity contribution in [3.8, 4) is 0 Å². The quantitative estimate of drug-likeness (QED) is 0.569. The Labute approximate surface area is 119 Å². The topological polar surface area (TPSA) is 57.2 Å². The SMILES string of the molecule is C=C1CN(C(=O)OC(C)(C)C)[C@H]2[C@@H]1OCC2(OC)OC. The van der Waals surface area contributed by atoms with E-state index in [4.69, 9.17) is 18.9 Å². The molecule has 2 fully saturated rings. The molecule has 0 aromatic rings. The Morgan fingerprint density at radius 3 is 2.50 bits per heavy atom. The van der Waals surface area contributed by atoms with Crippen LogP contribution in [0.15, 0.2) is 12.2 Å². The number of hydrogen-bond acceptors (Lipinski definition) is 5. The second kappa shape index (κ2) is 5.02. The summed E-state index contributed by atoms with van der Waals surface area (Å²) < 4.78 is 22.1. The number of nitrogens with zero attached hydrogens (tertiary/aromatic N) is 1.